The molecule has 0 amide bonds. The van der Waals surface area contributed by atoms with Gasteiger partial charge < -0.3 is 4.72 Å². The van der Waals surface area contributed by atoms with Crippen molar-refractivity contribution in [3.63, 3.8) is 0 Å². The van der Waals surface area contributed by atoms with E-state index in [0.717, 1.165) is 24.8 Å². The van der Waals surface area contributed by atoms with E-state index in [0.29, 0.717) is 0 Å². The molecular weight excluding hydrogens is 257 g/mol. The van der Waals surface area contributed by atoms with E-state index in [1.165, 1.54) is 36.8 Å². The van der Waals surface area contributed by atoms with E-state index < -0.39 is 0 Å². The minimum atomic E-state index is -0.170. The second-order valence-electron chi connectivity index (χ2n) is 4.76. The third kappa shape index (κ3) is 5.11. The van der Waals surface area contributed by atoms with Crippen LogP contribution in [0.15, 0.2) is 53.3 Å². The van der Waals surface area contributed by atoms with Gasteiger partial charge in [0.15, 0.2) is 5.95 Å². The zero-order valence-corrected chi connectivity index (χ0v) is 11.9. The summed E-state index contributed by atoms with van der Waals surface area (Å²) in [6.07, 6.45) is 8.53. The molecule has 0 aliphatic carbocycles. The first kappa shape index (κ1) is 14.2. The standard InChI is InChI=1S/C16H20FNS/c17-16-15(12-13-19-18-16)11-7-2-1-4-8-14-9-5-3-6-10-14/h3,5-6,9-10,12-13,18H,1-2,4,7-8,11H2. The smallest absolute Gasteiger partial charge is 0.200 e. The Kier molecular flexibility index (Phi) is 6.02. The van der Waals surface area contributed by atoms with Gasteiger partial charge in [0.25, 0.3) is 0 Å². The Morgan fingerprint density at radius 2 is 1.68 bits per heavy atom. The lowest BCUT2D eigenvalue weighted by Crippen LogP contribution is -2.03. The van der Waals surface area contributed by atoms with Gasteiger partial charge in [-0.25, -0.2) is 0 Å². The molecule has 19 heavy (non-hydrogen) atoms. The number of unbranched alkanes of at least 4 members (excludes halogenated alkanes) is 3. The highest BCUT2D eigenvalue weighted by atomic mass is 32.2. The van der Waals surface area contributed by atoms with Gasteiger partial charge >= 0.3 is 0 Å². The fourth-order valence-electron chi connectivity index (χ4n) is 2.18. The van der Waals surface area contributed by atoms with Crippen molar-refractivity contribution < 1.29 is 4.39 Å². The normalized spacial score (nSPS) is 14.6. The van der Waals surface area contributed by atoms with E-state index in [-0.39, 0.29) is 5.95 Å². The summed E-state index contributed by atoms with van der Waals surface area (Å²) < 4.78 is 16.0. The minimum absolute atomic E-state index is 0.170. The van der Waals surface area contributed by atoms with Crippen LogP contribution in [0.5, 0.6) is 0 Å². The predicted molar refractivity (Wildman–Crippen MR) is 81.2 cm³/mol. The SMILES string of the molecule is FC1=C(CCCCCCc2ccccc2)C=CSN1. The van der Waals surface area contributed by atoms with Gasteiger partial charge in [0.2, 0.25) is 0 Å². The molecule has 1 aromatic carbocycles. The molecule has 0 fully saturated rings. The first-order valence-corrected chi connectivity index (χ1v) is 7.75. The second-order valence-corrected chi connectivity index (χ2v) is 5.47. The number of hydrogen-bond donors (Lipinski definition) is 1. The molecule has 0 saturated carbocycles. The summed E-state index contributed by atoms with van der Waals surface area (Å²) >= 11 is 1.29. The number of halogens is 1. The van der Waals surface area contributed by atoms with E-state index in [4.69, 9.17) is 0 Å². The summed E-state index contributed by atoms with van der Waals surface area (Å²) in [6.45, 7) is 0. The third-order valence-corrected chi connectivity index (χ3v) is 3.84. The molecule has 102 valence electrons. The summed E-state index contributed by atoms with van der Waals surface area (Å²) in [4.78, 5) is 0. The Morgan fingerprint density at radius 1 is 0.947 bits per heavy atom. The van der Waals surface area contributed by atoms with Gasteiger partial charge in [0, 0.05) is 5.57 Å². The quantitative estimate of drug-likeness (QED) is 0.421. The Bertz CT molecular complexity index is 439. The average molecular weight is 277 g/mol. The molecule has 1 aliphatic rings. The van der Waals surface area contributed by atoms with Crippen LogP contribution < -0.4 is 4.72 Å². The van der Waals surface area contributed by atoms with Crippen molar-refractivity contribution in [3.05, 3.63) is 58.9 Å². The molecule has 0 bridgehead atoms. The molecule has 0 radical (unpaired) electrons. The van der Waals surface area contributed by atoms with Gasteiger partial charge in [0.1, 0.15) is 0 Å². The Morgan fingerprint density at radius 3 is 2.42 bits per heavy atom. The molecule has 0 saturated heterocycles. The highest BCUT2D eigenvalue weighted by Gasteiger charge is 2.06. The van der Waals surface area contributed by atoms with Crippen molar-refractivity contribution in [2.24, 2.45) is 0 Å². The molecule has 1 N–H and O–H groups in total. The number of benzene rings is 1. The van der Waals surface area contributed by atoms with Crippen LogP contribution in [-0.4, -0.2) is 0 Å². The fourth-order valence-corrected chi connectivity index (χ4v) is 2.71. The van der Waals surface area contributed by atoms with Gasteiger partial charge in [-0.1, -0.05) is 43.2 Å². The number of rotatable bonds is 7. The van der Waals surface area contributed by atoms with E-state index in [2.05, 4.69) is 35.1 Å². The minimum Gasteiger partial charge on any atom is -0.302 e. The van der Waals surface area contributed by atoms with Crippen LogP contribution >= 0.6 is 11.9 Å². The van der Waals surface area contributed by atoms with Crippen LogP contribution in [0.3, 0.4) is 0 Å². The maximum absolute atomic E-state index is 13.3. The van der Waals surface area contributed by atoms with E-state index in [1.54, 1.807) is 0 Å². The second kappa shape index (κ2) is 8.05. The van der Waals surface area contributed by atoms with Gasteiger partial charge in [0.05, 0.1) is 0 Å². The molecule has 1 aromatic rings. The highest BCUT2D eigenvalue weighted by molar-refractivity contribution is 8.00. The third-order valence-electron chi connectivity index (χ3n) is 3.27. The summed E-state index contributed by atoms with van der Waals surface area (Å²) in [6, 6.07) is 10.6. The lowest BCUT2D eigenvalue weighted by molar-refractivity contribution is 0.579. The monoisotopic (exact) mass is 277 g/mol. The molecule has 2 rings (SSSR count). The van der Waals surface area contributed by atoms with Gasteiger partial charge in [-0.3, -0.25) is 0 Å². The Balaban J connectivity index is 1.56. The molecule has 1 heterocycles. The van der Waals surface area contributed by atoms with Crippen LogP contribution in [0.2, 0.25) is 0 Å². The average Bonchev–Trinajstić information content (AvgIpc) is 2.45. The summed E-state index contributed by atoms with van der Waals surface area (Å²) in [7, 11) is 0. The lowest BCUT2D eigenvalue weighted by Gasteiger charge is -2.10. The largest absolute Gasteiger partial charge is 0.302 e. The van der Waals surface area contributed by atoms with Crippen LogP contribution in [0.25, 0.3) is 0 Å². The zero-order chi connectivity index (χ0) is 13.3. The molecule has 0 atom stereocenters. The van der Waals surface area contributed by atoms with Crippen molar-refractivity contribution >= 4 is 11.9 Å². The van der Waals surface area contributed by atoms with Crippen LogP contribution in [0.1, 0.15) is 37.7 Å². The Labute approximate surface area is 119 Å². The number of hydrogen-bond acceptors (Lipinski definition) is 2. The van der Waals surface area contributed by atoms with Crippen molar-refractivity contribution in [2.45, 2.75) is 38.5 Å². The molecule has 0 spiro atoms. The Hall–Kier alpha value is -1.22. The molecule has 1 aliphatic heterocycles. The molecule has 1 nitrogen and oxygen atoms in total. The van der Waals surface area contributed by atoms with Crippen LogP contribution in [-0.2, 0) is 6.42 Å². The van der Waals surface area contributed by atoms with Crippen molar-refractivity contribution in [1.29, 1.82) is 0 Å². The molecular formula is C16H20FNS. The summed E-state index contributed by atoms with van der Waals surface area (Å²) in [5.41, 5.74) is 2.22. The molecule has 3 heteroatoms. The predicted octanol–water partition coefficient (Wildman–Crippen LogP) is 5.13. The van der Waals surface area contributed by atoms with E-state index >= 15 is 0 Å². The van der Waals surface area contributed by atoms with Crippen LogP contribution in [0, 0.1) is 0 Å². The molecule has 0 aromatic heterocycles. The topological polar surface area (TPSA) is 12.0 Å². The number of aryl methyl sites for hydroxylation is 1. The van der Waals surface area contributed by atoms with Crippen molar-refractivity contribution in [3.8, 4) is 0 Å². The van der Waals surface area contributed by atoms with E-state index in [9.17, 15) is 4.39 Å². The zero-order valence-electron chi connectivity index (χ0n) is 11.1. The first-order valence-electron chi connectivity index (χ1n) is 6.87. The van der Waals surface area contributed by atoms with Gasteiger partial charge in [-0.2, -0.15) is 4.39 Å². The van der Waals surface area contributed by atoms with Crippen LogP contribution in [0.4, 0.5) is 4.39 Å². The van der Waals surface area contributed by atoms with Gasteiger partial charge in [-0.15, -0.1) is 0 Å². The maximum atomic E-state index is 13.3. The number of nitrogens with one attached hydrogen (secondary N) is 1. The maximum Gasteiger partial charge on any atom is 0.200 e. The first-order chi connectivity index (χ1) is 9.36. The van der Waals surface area contributed by atoms with Gasteiger partial charge in [-0.05, 0) is 54.7 Å². The van der Waals surface area contributed by atoms with E-state index in [1.807, 2.05) is 11.5 Å². The van der Waals surface area contributed by atoms with Crippen molar-refractivity contribution in [1.82, 2.24) is 4.72 Å². The molecule has 0 unspecified atom stereocenters. The highest BCUT2D eigenvalue weighted by Crippen LogP contribution is 2.22. The lowest BCUT2D eigenvalue weighted by atomic mass is 10.0. The summed E-state index contributed by atoms with van der Waals surface area (Å²) in [5.74, 6) is -0.170. The fraction of sp³-hybridized carbons (Fsp3) is 0.375. The van der Waals surface area contributed by atoms with Crippen molar-refractivity contribution in [2.75, 3.05) is 0 Å². The summed E-state index contributed by atoms with van der Waals surface area (Å²) in [5, 5.41) is 1.90. The number of allylic oxidation sites excluding steroid dienone is 2.